The van der Waals surface area contributed by atoms with E-state index in [0.29, 0.717) is 18.7 Å². The number of thiol groups is 1. The third-order valence-corrected chi connectivity index (χ3v) is 6.30. The molecule has 0 aliphatic carbocycles. The van der Waals surface area contributed by atoms with E-state index in [2.05, 4.69) is 43.0 Å². The molecule has 2 aromatic rings. The highest BCUT2D eigenvalue weighted by Crippen LogP contribution is 2.35. The van der Waals surface area contributed by atoms with E-state index in [1.807, 2.05) is 12.1 Å². The van der Waals surface area contributed by atoms with Crippen LogP contribution < -0.4 is 0 Å². The molecule has 1 heterocycles. The number of nitrogens with zero attached hydrogens (tertiary/aromatic N) is 1. The average Bonchev–Trinajstić information content (AvgIpc) is 3.04. The first-order valence-corrected chi connectivity index (χ1v) is 9.80. The van der Waals surface area contributed by atoms with E-state index in [1.54, 1.807) is 18.7 Å². The molecule has 0 saturated carbocycles. The van der Waals surface area contributed by atoms with Crippen LogP contribution in [0.4, 0.5) is 0 Å². The Morgan fingerprint density at radius 3 is 2.68 bits per heavy atom. The fraction of sp³-hybridized carbons (Fsp3) is 0.368. The minimum absolute atomic E-state index is 0.0818. The van der Waals surface area contributed by atoms with Crippen LogP contribution in [0.3, 0.4) is 0 Å². The lowest BCUT2D eigenvalue weighted by molar-refractivity contribution is -0.149. The van der Waals surface area contributed by atoms with Gasteiger partial charge in [-0.1, -0.05) is 37.3 Å². The molecular weight excluding hydrogens is 354 g/mol. The molecule has 132 valence electrons. The van der Waals surface area contributed by atoms with Crippen LogP contribution in [0.5, 0.6) is 0 Å². The molecule has 2 aromatic carbocycles. The predicted octanol–water partition coefficient (Wildman–Crippen LogP) is 3.55. The summed E-state index contributed by atoms with van der Waals surface area (Å²) in [6.07, 6.45) is 0.470. The monoisotopic (exact) mass is 375 g/mol. The molecule has 0 bridgehead atoms. The number of carbonyl (C=O) groups is 2. The Morgan fingerprint density at radius 1 is 1.28 bits per heavy atom. The van der Waals surface area contributed by atoms with Crippen LogP contribution in [0.25, 0.3) is 10.8 Å². The molecule has 1 N–H and O–H groups in total. The van der Waals surface area contributed by atoms with Gasteiger partial charge in [0.05, 0.1) is 0 Å². The van der Waals surface area contributed by atoms with Crippen molar-refractivity contribution in [3.05, 3.63) is 42.5 Å². The number of benzene rings is 2. The van der Waals surface area contributed by atoms with Crippen LogP contribution in [-0.4, -0.2) is 45.5 Å². The summed E-state index contributed by atoms with van der Waals surface area (Å²) >= 11 is 5.82. The van der Waals surface area contributed by atoms with E-state index in [-0.39, 0.29) is 17.1 Å². The van der Waals surface area contributed by atoms with Gasteiger partial charge in [-0.05, 0) is 29.3 Å². The normalized spacial score (nSPS) is 21.4. The minimum Gasteiger partial charge on any atom is -0.480 e. The number of fused-ring (bicyclic) bond motifs is 1. The topological polar surface area (TPSA) is 57.6 Å². The number of carboxylic acid groups (broad SMARTS) is 1. The van der Waals surface area contributed by atoms with E-state index >= 15 is 0 Å². The van der Waals surface area contributed by atoms with E-state index < -0.39 is 12.0 Å². The van der Waals surface area contributed by atoms with Crippen LogP contribution in [0.1, 0.15) is 13.3 Å². The lowest BCUT2D eigenvalue weighted by atomic mass is 10.1. The molecule has 1 fully saturated rings. The van der Waals surface area contributed by atoms with Crippen molar-refractivity contribution in [1.29, 1.82) is 0 Å². The van der Waals surface area contributed by atoms with Gasteiger partial charge in [-0.15, -0.1) is 11.8 Å². The Morgan fingerprint density at radius 2 is 2.00 bits per heavy atom. The average molecular weight is 376 g/mol. The Balaban J connectivity index is 1.76. The predicted molar refractivity (Wildman–Crippen MR) is 104 cm³/mol. The first kappa shape index (κ1) is 18.1. The van der Waals surface area contributed by atoms with Crippen molar-refractivity contribution in [3.8, 4) is 0 Å². The molecule has 4 nitrogen and oxygen atoms in total. The summed E-state index contributed by atoms with van der Waals surface area (Å²) in [5.41, 5.74) is 0. The minimum atomic E-state index is -0.929. The standard InChI is InChI=1S/C19H21NO3S2/c1-12(11-24)18(21)20-10-16(9-17(20)19(22)23)25-15-7-6-13-4-2-3-5-14(13)8-15/h2-8,12,16-17,24H,9-11H2,1H3,(H,22,23)/t12?,16-,17-/m0/s1. The number of thioether (sulfide) groups is 1. The number of hydrogen-bond acceptors (Lipinski definition) is 4. The van der Waals surface area contributed by atoms with Crippen molar-refractivity contribution >= 4 is 47.0 Å². The van der Waals surface area contributed by atoms with Gasteiger partial charge in [0, 0.05) is 28.4 Å². The Kier molecular flexibility index (Phi) is 5.59. The van der Waals surface area contributed by atoms with Crippen molar-refractivity contribution in [1.82, 2.24) is 4.90 Å². The lowest BCUT2D eigenvalue weighted by Crippen LogP contribution is -2.43. The summed E-state index contributed by atoms with van der Waals surface area (Å²) < 4.78 is 0. The third kappa shape index (κ3) is 3.96. The number of carbonyl (C=O) groups excluding carboxylic acids is 1. The zero-order valence-electron chi connectivity index (χ0n) is 14.0. The van der Waals surface area contributed by atoms with Gasteiger partial charge in [-0.25, -0.2) is 4.79 Å². The van der Waals surface area contributed by atoms with Gasteiger partial charge in [0.2, 0.25) is 5.91 Å². The Labute approximate surface area is 157 Å². The van der Waals surface area contributed by atoms with Crippen LogP contribution in [-0.2, 0) is 9.59 Å². The van der Waals surface area contributed by atoms with Crippen LogP contribution in [0, 0.1) is 5.92 Å². The van der Waals surface area contributed by atoms with Gasteiger partial charge in [0.15, 0.2) is 0 Å². The number of carboxylic acids is 1. The fourth-order valence-corrected chi connectivity index (χ4v) is 4.55. The molecule has 1 unspecified atom stereocenters. The number of aliphatic carboxylic acids is 1. The number of hydrogen-bond donors (Lipinski definition) is 2. The fourth-order valence-electron chi connectivity index (χ4n) is 3.15. The molecular formula is C19H21NO3S2. The van der Waals surface area contributed by atoms with Gasteiger partial charge in [0.25, 0.3) is 0 Å². The SMILES string of the molecule is CC(CS)C(=O)N1C[C@@H](Sc2ccc3ccccc3c2)C[C@H]1C(=O)O. The zero-order chi connectivity index (χ0) is 18.0. The molecule has 1 aliphatic rings. The Bertz CT molecular complexity index is 795. The maximum atomic E-state index is 12.5. The van der Waals surface area contributed by atoms with Crippen molar-refractivity contribution in [2.45, 2.75) is 29.5 Å². The molecule has 25 heavy (non-hydrogen) atoms. The highest BCUT2D eigenvalue weighted by Gasteiger charge is 2.41. The highest BCUT2D eigenvalue weighted by molar-refractivity contribution is 8.00. The van der Waals surface area contributed by atoms with Gasteiger partial charge in [-0.3, -0.25) is 4.79 Å². The van der Waals surface area contributed by atoms with E-state index in [0.717, 1.165) is 10.3 Å². The summed E-state index contributed by atoms with van der Waals surface area (Å²) in [5.74, 6) is -0.899. The molecule has 0 spiro atoms. The molecule has 1 saturated heterocycles. The molecule has 6 heteroatoms. The summed E-state index contributed by atoms with van der Waals surface area (Å²) in [6.45, 7) is 2.25. The second-order valence-corrected chi connectivity index (χ2v) is 8.15. The summed E-state index contributed by atoms with van der Waals surface area (Å²) in [5, 5.41) is 11.9. The lowest BCUT2D eigenvalue weighted by Gasteiger charge is -2.24. The van der Waals surface area contributed by atoms with Crippen molar-refractivity contribution in [2.24, 2.45) is 5.92 Å². The van der Waals surface area contributed by atoms with E-state index in [9.17, 15) is 14.7 Å². The molecule has 3 rings (SSSR count). The quantitative estimate of drug-likeness (QED) is 0.785. The molecule has 1 aliphatic heterocycles. The van der Waals surface area contributed by atoms with Crippen molar-refractivity contribution in [2.75, 3.05) is 12.3 Å². The van der Waals surface area contributed by atoms with Crippen molar-refractivity contribution in [3.63, 3.8) is 0 Å². The smallest absolute Gasteiger partial charge is 0.326 e. The van der Waals surface area contributed by atoms with E-state index in [4.69, 9.17) is 0 Å². The maximum absolute atomic E-state index is 12.5. The second kappa shape index (κ2) is 7.70. The highest BCUT2D eigenvalue weighted by atomic mass is 32.2. The van der Waals surface area contributed by atoms with Gasteiger partial charge in [0.1, 0.15) is 6.04 Å². The summed E-state index contributed by atoms with van der Waals surface area (Å²) in [4.78, 5) is 26.7. The third-order valence-electron chi connectivity index (χ3n) is 4.55. The zero-order valence-corrected chi connectivity index (χ0v) is 15.7. The van der Waals surface area contributed by atoms with Crippen LogP contribution in [0.2, 0.25) is 0 Å². The molecule has 0 aromatic heterocycles. The summed E-state index contributed by atoms with van der Waals surface area (Å²) in [7, 11) is 0. The van der Waals surface area contributed by atoms with Crippen LogP contribution >= 0.6 is 24.4 Å². The number of likely N-dealkylation sites (tertiary alicyclic amines) is 1. The Hall–Kier alpha value is -1.66. The first-order valence-electron chi connectivity index (χ1n) is 8.29. The largest absolute Gasteiger partial charge is 0.480 e. The van der Waals surface area contributed by atoms with Crippen molar-refractivity contribution < 1.29 is 14.7 Å². The molecule has 0 radical (unpaired) electrons. The number of amides is 1. The van der Waals surface area contributed by atoms with Gasteiger partial charge >= 0.3 is 5.97 Å². The first-order chi connectivity index (χ1) is 12.0. The second-order valence-electron chi connectivity index (χ2n) is 6.41. The number of rotatable bonds is 5. The van der Waals surface area contributed by atoms with E-state index in [1.165, 1.54) is 10.3 Å². The van der Waals surface area contributed by atoms with Crippen LogP contribution in [0.15, 0.2) is 47.4 Å². The van der Waals surface area contributed by atoms with Gasteiger partial charge < -0.3 is 10.0 Å². The van der Waals surface area contributed by atoms with Gasteiger partial charge in [-0.2, -0.15) is 12.6 Å². The summed E-state index contributed by atoms with van der Waals surface area (Å²) in [6, 6.07) is 13.7. The molecule has 3 atom stereocenters. The maximum Gasteiger partial charge on any atom is 0.326 e. The molecule has 1 amide bonds.